The van der Waals surface area contributed by atoms with Crippen LogP contribution < -0.4 is 0 Å². The lowest BCUT2D eigenvalue weighted by Crippen LogP contribution is -2.30. The third-order valence-electron chi connectivity index (χ3n) is 1.44. The Morgan fingerprint density at radius 2 is 2.40 bits per heavy atom. The van der Waals surface area contributed by atoms with Gasteiger partial charge in [-0.2, -0.15) is 0 Å². The van der Waals surface area contributed by atoms with Gasteiger partial charge in [-0.1, -0.05) is 6.08 Å². The Balaban J connectivity index is 2.49. The van der Waals surface area contributed by atoms with E-state index in [0.29, 0.717) is 4.17 Å². The third kappa shape index (κ3) is 1.45. The van der Waals surface area contributed by atoms with E-state index in [1.54, 1.807) is 0 Å². The highest BCUT2D eigenvalue weighted by molar-refractivity contribution is 14.1. The van der Waals surface area contributed by atoms with Gasteiger partial charge in [0.05, 0.1) is 0 Å². The van der Waals surface area contributed by atoms with Gasteiger partial charge in [-0.25, -0.2) is 0 Å². The molecule has 1 unspecified atom stereocenters. The van der Waals surface area contributed by atoms with Crippen molar-refractivity contribution in [1.29, 1.82) is 0 Å². The maximum absolute atomic E-state index is 3.69. The Morgan fingerprint density at radius 3 is 2.80 bits per heavy atom. The second kappa shape index (κ2) is 3.27. The van der Waals surface area contributed by atoms with E-state index in [4.69, 9.17) is 0 Å². The van der Waals surface area contributed by atoms with Gasteiger partial charge in [0.2, 0.25) is 0 Å². The van der Waals surface area contributed by atoms with Crippen LogP contribution in [0.4, 0.5) is 0 Å². The van der Waals surface area contributed by atoms with Gasteiger partial charge >= 0.3 is 0 Å². The number of nitrogens with zero attached hydrogens (tertiary/aromatic N) is 2. The fraction of sp³-hybridized carbons (Fsp3) is 0.429. The summed E-state index contributed by atoms with van der Waals surface area (Å²) >= 11 is 2.38. The number of alkyl halides is 1. The molecule has 1 aliphatic rings. The topological polar surface area (TPSA) is 6.48 Å². The van der Waals surface area contributed by atoms with E-state index < -0.39 is 0 Å². The van der Waals surface area contributed by atoms with E-state index in [1.807, 2.05) is 6.08 Å². The number of hydrogen-bond donors (Lipinski definition) is 0. The van der Waals surface area contributed by atoms with Crippen molar-refractivity contribution < 1.29 is 0 Å². The Kier molecular flexibility index (Phi) is 2.59. The molecule has 1 atom stereocenters. The molecule has 0 aromatic rings. The van der Waals surface area contributed by atoms with Gasteiger partial charge in [0.15, 0.2) is 4.17 Å². The van der Waals surface area contributed by atoms with Crippen molar-refractivity contribution in [2.45, 2.75) is 4.17 Å². The fourth-order valence-corrected chi connectivity index (χ4v) is 1.46. The summed E-state index contributed by atoms with van der Waals surface area (Å²) in [6.45, 7) is 4.61. The van der Waals surface area contributed by atoms with Crippen molar-refractivity contribution in [2.75, 3.05) is 13.6 Å². The lowest BCUT2D eigenvalue weighted by Gasteiger charge is -2.23. The molecule has 0 amide bonds. The van der Waals surface area contributed by atoms with Crippen LogP contribution in [-0.2, 0) is 0 Å². The Bertz CT molecular complexity index is 156. The van der Waals surface area contributed by atoms with Crippen LogP contribution in [0.5, 0.6) is 0 Å². The van der Waals surface area contributed by atoms with Gasteiger partial charge in [0.25, 0.3) is 0 Å². The standard InChI is InChI=1S/C7H11IN2/c1-3-4-10-6-5-9(2)7(10)8/h3,5-7H,1,4H2,2H3. The summed E-state index contributed by atoms with van der Waals surface area (Å²) in [6.07, 6.45) is 6.06. The van der Waals surface area contributed by atoms with Crippen molar-refractivity contribution in [3.05, 3.63) is 25.1 Å². The fourth-order valence-electron chi connectivity index (χ4n) is 0.864. The maximum atomic E-state index is 3.69. The van der Waals surface area contributed by atoms with E-state index in [-0.39, 0.29) is 0 Å². The van der Waals surface area contributed by atoms with Crippen LogP contribution >= 0.6 is 22.6 Å². The predicted octanol–water partition coefficient (Wildman–Crippen LogP) is 1.61. The zero-order chi connectivity index (χ0) is 7.56. The van der Waals surface area contributed by atoms with Crippen LogP contribution in [0, 0.1) is 0 Å². The van der Waals surface area contributed by atoms with Crippen LogP contribution in [0.1, 0.15) is 0 Å². The van der Waals surface area contributed by atoms with Gasteiger partial charge in [0, 0.05) is 26.0 Å². The molecule has 56 valence electrons. The SMILES string of the molecule is C=CCN1C=CN(C)C1I. The van der Waals surface area contributed by atoms with E-state index in [1.165, 1.54) is 0 Å². The molecule has 0 spiro atoms. The second-order valence-electron chi connectivity index (χ2n) is 2.26. The van der Waals surface area contributed by atoms with E-state index >= 15 is 0 Å². The van der Waals surface area contributed by atoms with Gasteiger partial charge in [-0.3, -0.25) is 0 Å². The molecule has 3 heteroatoms. The molecule has 10 heavy (non-hydrogen) atoms. The van der Waals surface area contributed by atoms with E-state index in [0.717, 1.165) is 6.54 Å². The van der Waals surface area contributed by atoms with Crippen LogP contribution in [0.15, 0.2) is 25.1 Å². The molecule has 1 aliphatic heterocycles. The lowest BCUT2D eigenvalue weighted by molar-refractivity contribution is 0.298. The normalized spacial score (nSPS) is 24.0. The van der Waals surface area contributed by atoms with Gasteiger partial charge in [0.1, 0.15) is 0 Å². The lowest BCUT2D eigenvalue weighted by atomic mass is 10.6. The first-order valence-corrected chi connectivity index (χ1v) is 4.41. The zero-order valence-electron chi connectivity index (χ0n) is 6.00. The summed E-state index contributed by atoms with van der Waals surface area (Å²) in [4.78, 5) is 4.37. The molecule has 2 nitrogen and oxygen atoms in total. The molecular formula is C7H11IN2. The minimum atomic E-state index is 0.454. The summed E-state index contributed by atoms with van der Waals surface area (Å²) in [6, 6.07) is 0. The van der Waals surface area contributed by atoms with Crippen molar-refractivity contribution in [2.24, 2.45) is 0 Å². The summed E-state index contributed by atoms with van der Waals surface area (Å²) in [5.41, 5.74) is 0. The number of rotatable bonds is 2. The highest BCUT2D eigenvalue weighted by Gasteiger charge is 2.17. The zero-order valence-corrected chi connectivity index (χ0v) is 8.15. The number of halogens is 1. The van der Waals surface area contributed by atoms with Crippen molar-refractivity contribution in [1.82, 2.24) is 9.80 Å². The minimum absolute atomic E-state index is 0.454. The molecule has 0 N–H and O–H groups in total. The van der Waals surface area contributed by atoms with E-state index in [9.17, 15) is 0 Å². The first-order chi connectivity index (χ1) is 4.75. The van der Waals surface area contributed by atoms with Crippen molar-refractivity contribution in [3.63, 3.8) is 0 Å². The summed E-state index contributed by atoms with van der Waals surface area (Å²) in [5.74, 6) is 0. The van der Waals surface area contributed by atoms with Crippen LogP contribution in [0.2, 0.25) is 0 Å². The first-order valence-electron chi connectivity index (χ1n) is 3.16. The Morgan fingerprint density at radius 1 is 1.70 bits per heavy atom. The molecule has 0 bridgehead atoms. The molecule has 1 heterocycles. The molecule has 1 rings (SSSR count). The molecule has 0 fully saturated rings. The highest BCUT2D eigenvalue weighted by atomic mass is 127. The molecule has 0 saturated carbocycles. The molecule has 0 aliphatic carbocycles. The third-order valence-corrected chi connectivity index (χ3v) is 3.04. The minimum Gasteiger partial charge on any atom is -0.351 e. The highest BCUT2D eigenvalue weighted by Crippen LogP contribution is 2.18. The largest absolute Gasteiger partial charge is 0.351 e. The molecular weight excluding hydrogens is 239 g/mol. The molecule has 0 saturated heterocycles. The maximum Gasteiger partial charge on any atom is 0.154 e. The summed E-state index contributed by atoms with van der Waals surface area (Å²) in [7, 11) is 2.07. The Hall–Kier alpha value is -0.190. The summed E-state index contributed by atoms with van der Waals surface area (Å²) < 4.78 is 0.454. The second-order valence-corrected chi connectivity index (χ2v) is 3.37. The van der Waals surface area contributed by atoms with Crippen LogP contribution in [0.25, 0.3) is 0 Å². The average molecular weight is 250 g/mol. The predicted molar refractivity (Wildman–Crippen MR) is 51.6 cm³/mol. The average Bonchev–Trinajstić information content (AvgIpc) is 2.20. The smallest absolute Gasteiger partial charge is 0.154 e. The molecule has 0 aromatic heterocycles. The summed E-state index contributed by atoms with van der Waals surface area (Å²) in [5, 5.41) is 0. The van der Waals surface area contributed by atoms with Crippen molar-refractivity contribution >= 4 is 22.6 Å². The van der Waals surface area contributed by atoms with Crippen molar-refractivity contribution in [3.8, 4) is 0 Å². The van der Waals surface area contributed by atoms with Gasteiger partial charge < -0.3 is 9.80 Å². The van der Waals surface area contributed by atoms with Crippen LogP contribution in [0.3, 0.4) is 0 Å². The Labute approximate surface area is 75.3 Å². The monoisotopic (exact) mass is 250 g/mol. The van der Waals surface area contributed by atoms with Gasteiger partial charge in [-0.15, -0.1) is 6.58 Å². The quantitative estimate of drug-likeness (QED) is 0.318. The van der Waals surface area contributed by atoms with Crippen LogP contribution in [-0.4, -0.2) is 27.6 Å². The van der Waals surface area contributed by atoms with E-state index in [2.05, 4.69) is 58.4 Å². The molecule has 0 aromatic carbocycles. The molecule has 0 radical (unpaired) electrons. The van der Waals surface area contributed by atoms with Gasteiger partial charge in [-0.05, 0) is 22.6 Å². The first kappa shape index (κ1) is 7.91. The number of hydrogen-bond acceptors (Lipinski definition) is 2.